The lowest BCUT2D eigenvalue weighted by atomic mass is 9.99. The molecule has 1 amide bonds. The van der Waals surface area contributed by atoms with E-state index in [0.717, 1.165) is 6.42 Å². The first-order valence-electron chi connectivity index (χ1n) is 7.24. The van der Waals surface area contributed by atoms with Crippen LogP contribution in [0.1, 0.15) is 34.1 Å². The zero-order valence-corrected chi connectivity index (χ0v) is 12.8. The van der Waals surface area contributed by atoms with E-state index in [9.17, 15) is 4.79 Å². The van der Waals surface area contributed by atoms with Gasteiger partial charge in [0, 0.05) is 0 Å². The fourth-order valence-corrected chi connectivity index (χ4v) is 1.68. The summed E-state index contributed by atoms with van der Waals surface area (Å²) in [7, 11) is 0. The third-order valence-corrected chi connectivity index (χ3v) is 3.28. The molecule has 0 saturated carbocycles. The Balaban J connectivity index is 2.74. The summed E-state index contributed by atoms with van der Waals surface area (Å²) in [5, 5.41) is 2.86. The van der Waals surface area contributed by atoms with Crippen molar-refractivity contribution < 1.29 is 9.53 Å². The summed E-state index contributed by atoms with van der Waals surface area (Å²) in [4.78, 5) is 12.1. The molecule has 4 nitrogen and oxygen atoms in total. The highest BCUT2D eigenvalue weighted by atomic mass is 16.5. The molecule has 112 valence electrons. The summed E-state index contributed by atoms with van der Waals surface area (Å²) >= 11 is 0. The molecule has 0 spiro atoms. The average molecular weight is 278 g/mol. The molecule has 0 radical (unpaired) electrons. The summed E-state index contributed by atoms with van der Waals surface area (Å²) in [6, 6.07) is 6.94. The number of anilines is 1. The molecule has 0 unspecified atom stereocenters. The Bertz CT molecular complexity index is 432. The predicted octanol–water partition coefficient (Wildman–Crippen LogP) is 3.03. The second-order valence-electron chi connectivity index (χ2n) is 5.60. The number of nitrogens with one attached hydrogen (secondary N) is 1. The van der Waals surface area contributed by atoms with Gasteiger partial charge in [0.05, 0.1) is 18.3 Å². The van der Waals surface area contributed by atoms with Gasteiger partial charge in [-0.2, -0.15) is 0 Å². The maximum atomic E-state index is 12.1. The second-order valence-corrected chi connectivity index (χ2v) is 5.60. The Labute approximate surface area is 121 Å². The van der Waals surface area contributed by atoms with Crippen molar-refractivity contribution in [3.05, 3.63) is 24.3 Å². The molecule has 0 aliphatic rings. The lowest BCUT2D eigenvalue weighted by Gasteiger charge is -2.19. The zero-order valence-electron chi connectivity index (χ0n) is 12.8. The standard InChI is InChI=1S/C16H26N2O2/c1-5-12(4)15(17)16(19)18-13-8-6-7-9-14(13)20-10-11(2)3/h6-9,11-12,15H,5,10,17H2,1-4H3,(H,18,19)/t12-,15-/m0/s1. The minimum Gasteiger partial charge on any atom is -0.491 e. The van der Waals surface area contributed by atoms with E-state index in [2.05, 4.69) is 19.2 Å². The molecule has 0 fully saturated rings. The molecule has 4 heteroatoms. The van der Waals surface area contributed by atoms with Crippen LogP contribution >= 0.6 is 0 Å². The maximum Gasteiger partial charge on any atom is 0.241 e. The van der Waals surface area contributed by atoms with Gasteiger partial charge >= 0.3 is 0 Å². The van der Waals surface area contributed by atoms with Crippen LogP contribution in [0.5, 0.6) is 5.75 Å². The smallest absolute Gasteiger partial charge is 0.241 e. The van der Waals surface area contributed by atoms with Gasteiger partial charge in [0.2, 0.25) is 5.91 Å². The Morgan fingerprint density at radius 2 is 1.95 bits per heavy atom. The molecule has 0 bridgehead atoms. The van der Waals surface area contributed by atoms with Gasteiger partial charge in [-0.05, 0) is 24.0 Å². The van der Waals surface area contributed by atoms with E-state index in [1.54, 1.807) is 0 Å². The van der Waals surface area contributed by atoms with Gasteiger partial charge in [-0.3, -0.25) is 4.79 Å². The number of hydrogen-bond acceptors (Lipinski definition) is 3. The van der Waals surface area contributed by atoms with Gasteiger partial charge in [0.25, 0.3) is 0 Å². The zero-order chi connectivity index (χ0) is 15.1. The van der Waals surface area contributed by atoms with E-state index in [-0.39, 0.29) is 11.8 Å². The molecule has 2 atom stereocenters. The molecular formula is C16H26N2O2. The summed E-state index contributed by atoms with van der Waals surface area (Å²) in [6.45, 7) is 8.79. The highest BCUT2D eigenvalue weighted by molar-refractivity contribution is 5.96. The number of carbonyl (C=O) groups excluding carboxylic acids is 1. The van der Waals surface area contributed by atoms with Gasteiger partial charge in [0.15, 0.2) is 0 Å². The molecule has 1 aromatic rings. The molecule has 0 aromatic heterocycles. The molecule has 1 aromatic carbocycles. The maximum absolute atomic E-state index is 12.1. The number of amides is 1. The third kappa shape index (κ3) is 4.85. The van der Waals surface area contributed by atoms with Gasteiger partial charge in [-0.15, -0.1) is 0 Å². The molecule has 0 aliphatic heterocycles. The molecule has 0 saturated heterocycles. The van der Waals surface area contributed by atoms with Gasteiger partial charge < -0.3 is 15.8 Å². The highest BCUT2D eigenvalue weighted by Gasteiger charge is 2.20. The van der Waals surface area contributed by atoms with E-state index in [0.29, 0.717) is 24.0 Å². The van der Waals surface area contributed by atoms with Crippen LogP contribution in [0.15, 0.2) is 24.3 Å². The number of carbonyl (C=O) groups is 1. The first-order chi connectivity index (χ1) is 9.45. The Hall–Kier alpha value is -1.55. The van der Waals surface area contributed by atoms with Crippen LogP contribution in [-0.4, -0.2) is 18.6 Å². The number of rotatable bonds is 7. The minimum absolute atomic E-state index is 0.152. The molecule has 0 aliphatic carbocycles. The fourth-order valence-electron chi connectivity index (χ4n) is 1.68. The van der Waals surface area contributed by atoms with Crippen molar-refractivity contribution in [3.63, 3.8) is 0 Å². The largest absolute Gasteiger partial charge is 0.491 e. The van der Waals surface area contributed by atoms with E-state index in [1.165, 1.54) is 0 Å². The van der Waals surface area contributed by atoms with E-state index < -0.39 is 6.04 Å². The summed E-state index contributed by atoms with van der Waals surface area (Å²) < 4.78 is 5.71. The van der Waals surface area contributed by atoms with Crippen LogP contribution in [0, 0.1) is 11.8 Å². The van der Waals surface area contributed by atoms with Crippen LogP contribution in [0.25, 0.3) is 0 Å². The van der Waals surface area contributed by atoms with Crippen LogP contribution in [0.4, 0.5) is 5.69 Å². The quantitative estimate of drug-likeness (QED) is 0.805. The van der Waals surface area contributed by atoms with Crippen molar-refractivity contribution in [2.75, 3.05) is 11.9 Å². The normalized spacial score (nSPS) is 13.9. The van der Waals surface area contributed by atoms with Crippen LogP contribution in [0.3, 0.4) is 0 Å². The Morgan fingerprint density at radius 3 is 2.55 bits per heavy atom. The molecule has 20 heavy (non-hydrogen) atoms. The number of benzene rings is 1. The van der Waals surface area contributed by atoms with Gasteiger partial charge in [-0.25, -0.2) is 0 Å². The van der Waals surface area contributed by atoms with Crippen molar-refractivity contribution in [1.82, 2.24) is 0 Å². The average Bonchev–Trinajstić information content (AvgIpc) is 2.44. The topological polar surface area (TPSA) is 64.4 Å². The number of nitrogens with two attached hydrogens (primary N) is 1. The third-order valence-electron chi connectivity index (χ3n) is 3.28. The molecule has 0 heterocycles. The second kappa shape index (κ2) is 7.90. The lowest BCUT2D eigenvalue weighted by molar-refractivity contribution is -0.118. The first-order valence-corrected chi connectivity index (χ1v) is 7.24. The summed E-state index contributed by atoms with van der Waals surface area (Å²) in [5.41, 5.74) is 6.62. The SMILES string of the molecule is CC[C@H](C)[C@H](N)C(=O)Nc1ccccc1OCC(C)C. The number of ether oxygens (including phenoxy) is 1. The van der Waals surface area contributed by atoms with Crippen molar-refractivity contribution in [1.29, 1.82) is 0 Å². The van der Waals surface area contributed by atoms with Crippen molar-refractivity contribution in [3.8, 4) is 5.75 Å². The predicted molar refractivity (Wildman–Crippen MR) is 82.8 cm³/mol. The Kier molecular flexibility index (Phi) is 6.52. The van der Waals surface area contributed by atoms with Crippen molar-refractivity contribution >= 4 is 11.6 Å². The van der Waals surface area contributed by atoms with Gasteiger partial charge in [-0.1, -0.05) is 46.2 Å². The van der Waals surface area contributed by atoms with Crippen LogP contribution < -0.4 is 15.8 Å². The monoisotopic (exact) mass is 278 g/mol. The summed E-state index contributed by atoms with van der Waals surface area (Å²) in [5.74, 6) is 1.10. The van der Waals surface area contributed by atoms with E-state index in [1.807, 2.05) is 38.1 Å². The molecule has 3 N–H and O–H groups in total. The first kappa shape index (κ1) is 16.5. The Morgan fingerprint density at radius 1 is 1.30 bits per heavy atom. The van der Waals surface area contributed by atoms with Crippen molar-refractivity contribution in [2.45, 2.75) is 40.2 Å². The summed E-state index contributed by atoms with van der Waals surface area (Å²) in [6.07, 6.45) is 0.875. The highest BCUT2D eigenvalue weighted by Crippen LogP contribution is 2.24. The van der Waals surface area contributed by atoms with E-state index in [4.69, 9.17) is 10.5 Å². The molecular weight excluding hydrogens is 252 g/mol. The van der Waals surface area contributed by atoms with Crippen molar-refractivity contribution in [2.24, 2.45) is 17.6 Å². The van der Waals surface area contributed by atoms with E-state index >= 15 is 0 Å². The minimum atomic E-state index is -0.502. The number of hydrogen-bond donors (Lipinski definition) is 2. The number of para-hydroxylation sites is 2. The van der Waals surface area contributed by atoms with Crippen LogP contribution in [0.2, 0.25) is 0 Å². The fraction of sp³-hybridized carbons (Fsp3) is 0.562. The molecule has 1 rings (SSSR count). The van der Waals surface area contributed by atoms with Crippen LogP contribution in [-0.2, 0) is 4.79 Å². The van der Waals surface area contributed by atoms with Gasteiger partial charge in [0.1, 0.15) is 5.75 Å². The lowest BCUT2D eigenvalue weighted by Crippen LogP contribution is -2.40.